The molecule has 1 aromatic carbocycles. The Labute approximate surface area is 160 Å². The standard InChI is InChI=1S/C16H17N3O4S3/c1-23-15(20)13-11-3-2-4-12(11)25-14(13)19-16(24)18-9-5-7-10(8-6-9)26(17,21)22/h5-8H,2-4H2,1H3,(H2,17,21,22)(H2,18,19,24). The zero-order valence-electron chi connectivity index (χ0n) is 13.9. The first kappa shape index (κ1) is 18.8. The fraction of sp³-hybridized carbons (Fsp3) is 0.250. The molecule has 0 amide bonds. The lowest BCUT2D eigenvalue weighted by molar-refractivity contribution is 0.0601. The fourth-order valence-electron chi connectivity index (χ4n) is 2.80. The Bertz CT molecular complexity index is 965. The summed E-state index contributed by atoms with van der Waals surface area (Å²) in [6, 6.07) is 5.90. The van der Waals surface area contributed by atoms with Crippen LogP contribution in [0.15, 0.2) is 29.2 Å². The third-order valence-corrected chi connectivity index (χ3v) is 6.32. The number of thiophene rings is 1. The van der Waals surface area contributed by atoms with E-state index >= 15 is 0 Å². The molecule has 10 heteroatoms. The number of primary sulfonamides is 1. The van der Waals surface area contributed by atoms with E-state index in [0.29, 0.717) is 21.4 Å². The topological polar surface area (TPSA) is 111 Å². The van der Waals surface area contributed by atoms with Crippen LogP contribution in [0.2, 0.25) is 0 Å². The van der Waals surface area contributed by atoms with Crippen LogP contribution in [0, 0.1) is 0 Å². The van der Waals surface area contributed by atoms with E-state index in [1.165, 1.54) is 35.5 Å². The Morgan fingerprint density at radius 3 is 2.54 bits per heavy atom. The van der Waals surface area contributed by atoms with Crippen LogP contribution in [0.25, 0.3) is 0 Å². The SMILES string of the molecule is COC(=O)c1c(NC(=S)Nc2ccc(S(N)(=O)=O)cc2)sc2c1CCC2. The third-order valence-electron chi connectivity index (χ3n) is 3.98. The van der Waals surface area contributed by atoms with Crippen molar-refractivity contribution in [1.29, 1.82) is 0 Å². The fourth-order valence-corrected chi connectivity index (χ4v) is 4.89. The second-order valence-electron chi connectivity index (χ2n) is 5.70. The number of nitrogens with two attached hydrogens (primary N) is 1. The van der Waals surface area contributed by atoms with Gasteiger partial charge in [0, 0.05) is 10.6 Å². The number of esters is 1. The van der Waals surface area contributed by atoms with Gasteiger partial charge in [-0.15, -0.1) is 11.3 Å². The van der Waals surface area contributed by atoms with Gasteiger partial charge in [-0.2, -0.15) is 0 Å². The van der Waals surface area contributed by atoms with Crippen molar-refractivity contribution in [1.82, 2.24) is 0 Å². The molecule has 1 aliphatic rings. The molecule has 0 spiro atoms. The van der Waals surface area contributed by atoms with Crippen molar-refractivity contribution in [3.05, 3.63) is 40.3 Å². The Hall–Kier alpha value is -2.01. The highest BCUT2D eigenvalue weighted by molar-refractivity contribution is 7.89. The number of sulfonamides is 1. The Morgan fingerprint density at radius 1 is 1.23 bits per heavy atom. The van der Waals surface area contributed by atoms with E-state index in [2.05, 4.69) is 10.6 Å². The molecule has 0 saturated heterocycles. The average Bonchev–Trinajstić information content (AvgIpc) is 3.14. The van der Waals surface area contributed by atoms with E-state index in [4.69, 9.17) is 22.1 Å². The summed E-state index contributed by atoms with van der Waals surface area (Å²) in [5.74, 6) is -0.382. The zero-order valence-corrected chi connectivity index (χ0v) is 16.3. The minimum Gasteiger partial charge on any atom is -0.465 e. The second kappa shape index (κ2) is 7.31. The molecular weight excluding hydrogens is 394 g/mol. The summed E-state index contributed by atoms with van der Waals surface area (Å²) in [5.41, 5.74) is 2.17. The number of hydrogen-bond donors (Lipinski definition) is 3. The van der Waals surface area contributed by atoms with E-state index in [1.807, 2.05) is 0 Å². The van der Waals surface area contributed by atoms with Crippen LogP contribution in [0.5, 0.6) is 0 Å². The summed E-state index contributed by atoms with van der Waals surface area (Å²) in [4.78, 5) is 13.3. The number of anilines is 2. The van der Waals surface area contributed by atoms with Crippen LogP contribution < -0.4 is 15.8 Å². The van der Waals surface area contributed by atoms with Gasteiger partial charge in [0.25, 0.3) is 0 Å². The van der Waals surface area contributed by atoms with Gasteiger partial charge in [-0.1, -0.05) is 0 Å². The number of carbonyl (C=O) groups is 1. The normalized spacial score (nSPS) is 13.2. The van der Waals surface area contributed by atoms with Crippen LogP contribution >= 0.6 is 23.6 Å². The van der Waals surface area contributed by atoms with Crippen LogP contribution in [-0.4, -0.2) is 26.6 Å². The van der Waals surface area contributed by atoms with Gasteiger partial charge >= 0.3 is 5.97 Å². The van der Waals surface area contributed by atoms with Crippen molar-refractivity contribution >= 4 is 55.3 Å². The first-order valence-electron chi connectivity index (χ1n) is 7.73. The number of hydrogen-bond acceptors (Lipinski definition) is 6. The summed E-state index contributed by atoms with van der Waals surface area (Å²) in [6.07, 6.45) is 2.83. The van der Waals surface area contributed by atoms with Crippen LogP contribution in [0.1, 0.15) is 27.2 Å². The Kier molecular flexibility index (Phi) is 5.28. The number of ether oxygens (including phenoxy) is 1. The third kappa shape index (κ3) is 3.88. The molecule has 4 N–H and O–H groups in total. The molecule has 0 bridgehead atoms. The minimum absolute atomic E-state index is 0.0181. The van der Waals surface area contributed by atoms with Gasteiger partial charge < -0.3 is 15.4 Å². The minimum atomic E-state index is -3.74. The highest BCUT2D eigenvalue weighted by Crippen LogP contribution is 2.39. The number of thiocarbonyl (C=S) groups is 1. The van der Waals surface area contributed by atoms with Gasteiger partial charge in [0.05, 0.1) is 17.6 Å². The molecule has 1 aromatic heterocycles. The van der Waals surface area contributed by atoms with Crippen molar-refractivity contribution in [3.8, 4) is 0 Å². The molecule has 0 aliphatic heterocycles. The molecule has 26 heavy (non-hydrogen) atoms. The Balaban J connectivity index is 1.76. The highest BCUT2D eigenvalue weighted by atomic mass is 32.2. The van der Waals surface area contributed by atoms with Crippen molar-refractivity contribution in [2.24, 2.45) is 5.14 Å². The van der Waals surface area contributed by atoms with E-state index in [0.717, 1.165) is 24.8 Å². The van der Waals surface area contributed by atoms with Crippen molar-refractivity contribution in [2.45, 2.75) is 24.2 Å². The molecule has 3 rings (SSSR count). The van der Waals surface area contributed by atoms with Gasteiger partial charge in [0.2, 0.25) is 10.0 Å². The van der Waals surface area contributed by atoms with E-state index in [-0.39, 0.29) is 10.9 Å². The first-order chi connectivity index (χ1) is 12.3. The van der Waals surface area contributed by atoms with Gasteiger partial charge in [0.15, 0.2) is 5.11 Å². The zero-order chi connectivity index (χ0) is 18.9. The second-order valence-corrected chi connectivity index (χ2v) is 8.78. The number of carbonyl (C=O) groups excluding carboxylic acids is 1. The number of nitrogens with one attached hydrogen (secondary N) is 2. The monoisotopic (exact) mass is 411 g/mol. The summed E-state index contributed by atoms with van der Waals surface area (Å²) < 4.78 is 27.5. The molecule has 0 fully saturated rings. The summed E-state index contributed by atoms with van der Waals surface area (Å²) >= 11 is 6.80. The molecule has 0 unspecified atom stereocenters. The molecule has 138 valence electrons. The lowest BCUT2D eigenvalue weighted by atomic mass is 10.1. The van der Waals surface area contributed by atoms with Crippen LogP contribution in [0.3, 0.4) is 0 Å². The number of rotatable bonds is 4. The van der Waals surface area contributed by atoms with Gasteiger partial charge in [-0.3, -0.25) is 0 Å². The summed E-state index contributed by atoms with van der Waals surface area (Å²) in [5, 5.41) is 12.0. The van der Waals surface area contributed by atoms with E-state index < -0.39 is 10.0 Å². The molecule has 2 aromatic rings. The van der Waals surface area contributed by atoms with Crippen molar-refractivity contribution in [3.63, 3.8) is 0 Å². The van der Waals surface area contributed by atoms with Gasteiger partial charge in [-0.25, -0.2) is 18.4 Å². The molecule has 0 radical (unpaired) electrons. The number of benzene rings is 1. The summed E-state index contributed by atoms with van der Waals surface area (Å²) in [6.45, 7) is 0. The molecule has 1 aliphatic carbocycles. The predicted molar refractivity (Wildman–Crippen MR) is 105 cm³/mol. The molecular formula is C16H17N3O4S3. The molecule has 0 atom stereocenters. The Morgan fingerprint density at radius 2 is 1.92 bits per heavy atom. The smallest absolute Gasteiger partial charge is 0.341 e. The quantitative estimate of drug-likeness (QED) is 0.524. The lowest BCUT2D eigenvalue weighted by Crippen LogP contribution is -2.20. The first-order valence-corrected chi connectivity index (χ1v) is 10.5. The van der Waals surface area contributed by atoms with Crippen LogP contribution in [0.4, 0.5) is 10.7 Å². The maximum Gasteiger partial charge on any atom is 0.341 e. The molecule has 7 nitrogen and oxygen atoms in total. The lowest BCUT2D eigenvalue weighted by Gasteiger charge is -2.11. The largest absolute Gasteiger partial charge is 0.465 e. The maximum atomic E-state index is 12.1. The average molecular weight is 412 g/mol. The number of fused-ring (bicyclic) bond motifs is 1. The maximum absolute atomic E-state index is 12.1. The van der Waals surface area contributed by atoms with Crippen molar-refractivity contribution < 1.29 is 17.9 Å². The van der Waals surface area contributed by atoms with E-state index in [9.17, 15) is 13.2 Å². The van der Waals surface area contributed by atoms with Gasteiger partial charge in [0.1, 0.15) is 5.00 Å². The number of methoxy groups -OCH3 is 1. The van der Waals surface area contributed by atoms with Gasteiger partial charge in [-0.05, 0) is 61.3 Å². The molecule has 0 saturated carbocycles. The highest BCUT2D eigenvalue weighted by Gasteiger charge is 2.27. The summed E-state index contributed by atoms with van der Waals surface area (Å²) in [7, 11) is -2.38. The van der Waals surface area contributed by atoms with Crippen molar-refractivity contribution in [2.75, 3.05) is 17.7 Å². The van der Waals surface area contributed by atoms with Crippen LogP contribution in [-0.2, 0) is 27.6 Å². The number of aryl methyl sites for hydroxylation is 1. The molecule has 1 heterocycles. The van der Waals surface area contributed by atoms with E-state index in [1.54, 1.807) is 12.1 Å². The predicted octanol–water partition coefficient (Wildman–Crippen LogP) is 2.48.